The van der Waals surface area contributed by atoms with E-state index in [4.69, 9.17) is 5.02 Å². The Morgan fingerprint density at radius 2 is 2.08 bits per heavy atom. The van der Waals surface area contributed by atoms with Crippen molar-refractivity contribution in [2.45, 2.75) is 0 Å². The van der Waals surface area contributed by atoms with Gasteiger partial charge in [-0.3, -0.25) is 9.63 Å². The molecule has 2 N–H and O–H groups in total. The number of carbonyl (C=O) groups is 1. The van der Waals surface area contributed by atoms with Gasteiger partial charge in [-0.05, 0) is 12.1 Å². The molecule has 0 unspecified atom stereocenters. The van der Waals surface area contributed by atoms with Gasteiger partial charge >= 0.3 is 7.48 Å². The Bertz CT molecular complexity index is 286. The zero-order valence-electron chi connectivity index (χ0n) is 7.15. The summed E-state index contributed by atoms with van der Waals surface area (Å²) in [6.07, 6.45) is 0. The Kier molecular flexibility index (Phi) is 3.48. The minimum Gasteiger partial charge on any atom is -0.450 e. The van der Waals surface area contributed by atoms with E-state index in [0.717, 1.165) is 7.48 Å². The molecule has 1 aromatic rings. The molecule has 0 aromatic heterocycles. The van der Waals surface area contributed by atoms with Gasteiger partial charge in [0.15, 0.2) is 0 Å². The Hall–Kier alpha value is -1.33. The van der Waals surface area contributed by atoms with Gasteiger partial charge in [0.05, 0.1) is 7.11 Å². The van der Waals surface area contributed by atoms with Crippen molar-refractivity contribution in [3.05, 3.63) is 29.8 Å². The van der Waals surface area contributed by atoms with E-state index in [1.807, 2.05) is 0 Å². The van der Waals surface area contributed by atoms with Crippen LogP contribution in [0.3, 0.4) is 0 Å². The van der Waals surface area contributed by atoms with Crippen molar-refractivity contribution in [2.24, 2.45) is 0 Å². The Balaban J connectivity index is 2.74. The SMILES string of the molecule is CONC(=O)c1ccc([B]O)cc1. The number of hydrogen-bond donors (Lipinski definition) is 2. The third kappa shape index (κ3) is 2.57. The standard InChI is InChI=1S/C8H9BNO3/c1-13-10-8(11)6-2-4-7(9-12)5-3-6/h2-5,12H,1H3,(H,10,11). The molecular weight excluding hydrogens is 169 g/mol. The van der Waals surface area contributed by atoms with Gasteiger partial charge in [-0.2, -0.15) is 0 Å². The van der Waals surface area contributed by atoms with Crippen LogP contribution >= 0.6 is 0 Å². The van der Waals surface area contributed by atoms with E-state index in [1.165, 1.54) is 7.11 Å². The first-order chi connectivity index (χ1) is 6.27. The molecule has 1 radical (unpaired) electrons. The largest absolute Gasteiger partial charge is 0.450 e. The lowest BCUT2D eigenvalue weighted by atomic mass is 9.88. The van der Waals surface area contributed by atoms with Gasteiger partial charge in [0.25, 0.3) is 5.91 Å². The van der Waals surface area contributed by atoms with Gasteiger partial charge in [0, 0.05) is 5.56 Å². The number of amides is 1. The maximum absolute atomic E-state index is 11.1. The molecule has 0 saturated carbocycles. The molecule has 0 fully saturated rings. The first kappa shape index (κ1) is 9.76. The number of nitrogens with one attached hydrogen (secondary N) is 1. The number of rotatable bonds is 3. The molecule has 0 bridgehead atoms. The summed E-state index contributed by atoms with van der Waals surface area (Å²) in [7, 11) is 2.34. The summed E-state index contributed by atoms with van der Waals surface area (Å²) in [5.74, 6) is -0.313. The Labute approximate surface area is 76.8 Å². The van der Waals surface area contributed by atoms with Crippen LogP contribution in [0.5, 0.6) is 0 Å². The summed E-state index contributed by atoms with van der Waals surface area (Å²) in [6.45, 7) is 0. The van der Waals surface area contributed by atoms with Crippen molar-refractivity contribution in [1.29, 1.82) is 0 Å². The van der Waals surface area contributed by atoms with Crippen molar-refractivity contribution in [3.8, 4) is 0 Å². The highest BCUT2D eigenvalue weighted by Crippen LogP contribution is 1.95. The monoisotopic (exact) mass is 178 g/mol. The summed E-state index contributed by atoms with van der Waals surface area (Å²) in [5, 5.41) is 8.62. The summed E-state index contributed by atoms with van der Waals surface area (Å²) in [6, 6.07) is 6.45. The first-order valence-electron chi connectivity index (χ1n) is 3.68. The molecule has 13 heavy (non-hydrogen) atoms. The second-order valence-electron chi connectivity index (χ2n) is 2.39. The zero-order chi connectivity index (χ0) is 9.68. The van der Waals surface area contributed by atoms with Gasteiger partial charge in [0.2, 0.25) is 0 Å². The van der Waals surface area contributed by atoms with Crippen LogP contribution in [0.1, 0.15) is 10.4 Å². The molecule has 5 heteroatoms. The molecule has 67 valence electrons. The van der Waals surface area contributed by atoms with Gasteiger partial charge in [-0.1, -0.05) is 17.6 Å². The smallest absolute Gasteiger partial charge is 0.326 e. The highest BCUT2D eigenvalue weighted by molar-refractivity contribution is 6.45. The van der Waals surface area contributed by atoms with E-state index in [-0.39, 0.29) is 5.91 Å². The fraction of sp³-hybridized carbons (Fsp3) is 0.125. The predicted octanol–water partition coefficient (Wildman–Crippen LogP) is -0.785. The van der Waals surface area contributed by atoms with Crippen LogP contribution in [0.4, 0.5) is 0 Å². The topological polar surface area (TPSA) is 58.6 Å². The molecule has 1 aromatic carbocycles. The molecule has 0 aliphatic carbocycles. The molecule has 0 atom stereocenters. The third-order valence-corrected chi connectivity index (χ3v) is 1.52. The van der Waals surface area contributed by atoms with E-state index >= 15 is 0 Å². The normalized spacial score (nSPS) is 9.38. The van der Waals surface area contributed by atoms with E-state index in [1.54, 1.807) is 24.3 Å². The van der Waals surface area contributed by atoms with Crippen LogP contribution in [0.25, 0.3) is 0 Å². The highest BCUT2D eigenvalue weighted by Gasteiger charge is 2.03. The van der Waals surface area contributed by atoms with Crippen LogP contribution in [-0.2, 0) is 4.84 Å². The quantitative estimate of drug-likeness (QED) is 0.471. The van der Waals surface area contributed by atoms with Crippen LogP contribution in [0.2, 0.25) is 0 Å². The van der Waals surface area contributed by atoms with E-state index in [9.17, 15) is 4.79 Å². The zero-order valence-corrected chi connectivity index (χ0v) is 7.15. The minimum atomic E-state index is -0.313. The van der Waals surface area contributed by atoms with E-state index in [0.29, 0.717) is 11.0 Å². The number of hydroxylamine groups is 1. The molecule has 0 heterocycles. The van der Waals surface area contributed by atoms with Crippen molar-refractivity contribution in [3.63, 3.8) is 0 Å². The lowest BCUT2D eigenvalue weighted by Crippen LogP contribution is -2.22. The average molecular weight is 178 g/mol. The molecule has 1 amide bonds. The van der Waals surface area contributed by atoms with Gasteiger partial charge in [0.1, 0.15) is 0 Å². The van der Waals surface area contributed by atoms with E-state index in [2.05, 4.69) is 10.3 Å². The maximum atomic E-state index is 11.1. The second-order valence-corrected chi connectivity index (χ2v) is 2.39. The number of carbonyl (C=O) groups excluding carboxylic acids is 1. The van der Waals surface area contributed by atoms with Crippen LogP contribution in [0, 0.1) is 0 Å². The van der Waals surface area contributed by atoms with Crippen molar-refractivity contribution in [1.82, 2.24) is 5.48 Å². The molecule has 4 nitrogen and oxygen atoms in total. The second kappa shape index (κ2) is 4.64. The van der Waals surface area contributed by atoms with Crippen molar-refractivity contribution in [2.75, 3.05) is 7.11 Å². The Morgan fingerprint density at radius 1 is 1.46 bits per heavy atom. The van der Waals surface area contributed by atoms with Crippen LogP contribution < -0.4 is 10.9 Å². The third-order valence-electron chi connectivity index (χ3n) is 1.52. The average Bonchev–Trinajstić information content (AvgIpc) is 2.18. The van der Waals surface area contributed by atoms with Crippen molar-refractivity contribution < 1.29 is 14.7 Å². The Morgan fingerprint density at radius 3 is 2.54 bits per heavy atom. The lowest BCUT2D eigenvalue weighted by molar-refractivity contribution is 0.0537. The van der Waals surface area contributed by atoms with Crippen LogP contribution in [-0.4, -0.2) is 25.5 Å². The van der Waals surface area contributed by atoms with Gasteiger partial charge < -0.3 is 5.02 Å². The van der Waals surface area contributed by atoms with E-state index < -0.39 is 0 Å². The molecule has 0 spiro atoms. The van der Waals surface area contributed by atoms with Gasteiger partial charge in [-0.25, -0.2) is 5.48 Å². The summed E-state index contributed by atoms with van der Waals surface area (Å²) in [5.41, 5.74) is 3.31. The first-order valence-corrected chi connectivity index (χ1v) is 3.68. The molecular formula is C8H9BNO3. The molecule has 0 saturated heterocycles. The molecule has 0 aliphatic heterocycles. The molecule has 1 rings (SSSR count). The number of benzene rings is 1. The maximum Gasteiger partial charge on any atom is 0.326 e. The number of hydrogen-bond acceptors (Lipinski definition) is 3. The fourth-order valence-corrected chi connectivity index (χ4v) is 0.872. The van der Waals surface area contributed by atoms with Gasteiger partial charge in [-0.15, -0.1) is 0 Å². The highest BCUT2D eigenvalue weighted by atomic mass is 16.6. The molecule has 0 aliphatic rings. The predicted molar refractivity (Wildman–Crippen MR) is 48.5 cm³/mol. The summed E-state index contributed by atoms with van der Waals surface area (Å²) >= 11 is 0. The lowest BCUT2D eigenvalue weighted by Gasteiger charge is -2.01. The van der Waals surface area contributed by atoms with Crippen LogP contribution in [0.15, 0.2) is 24.3 Å². The fourth-order valence-electron chi connectivity index (χ4n) is 0.872. The minimum absolute atomic E-state index is 0.313. The van der Waals surface area contributed by atoms with Crippen molar-refractivity contribution >= 4 is 18.9 Å². The summed E-state index contributed by atoms with van der Waals surface area (Å²) < 4.78 is 0. The summed E-state index contributed by atoms with van der Waals surface area (Å²) in [4.78, 5) is 15.6.